The van der Waals surface area contributed by atoms with Crippen molar-refractivity contribution >= 4 is 5.97 Å². The zero-order valence-corrected chi connectivity index (χ0v) is 9.90. The van der Waals surface area contributed by atoms with Gasteiger partial charge >= 0.3 is 5.97 Å². The van der Waals surface area contributed by atoms with E-state index in [4.69, 9.17) is 4.74 Å². The number of hydrogen-bond donors (Lipinski definition) is 0. The molecule has 0 aliphatic carbocycles. The van der Waals surface area contributed by atoms with Gasteiger partial charge < -0.3 is 4.74 Å². The summed E-state index contributed by atoms with van der Waals surface area (Å²) in [4.78, 5) is 11.6. The van der Waals surface area contributed by atoms with Crippen LogP contribution in [0, 0.1) is 5.41 Å². The summed E-state index contributed by atoms with van der Waals surface area (Å²) in [7, 11) is 1.41. The molecule has 0 spiro atoms. The zero-order valence-electron chi connectivity index (χ0n) is 9.90. The van der Waals surface area contributed by atoms with E-state index in [2.05, 4.69) is 18.7 Å². The molecule has 1 atom stereocenters. The van der Waals surface area contributed by atoms with Gasteiger partial charge in [0.15, 0.2) is 0 Å². The number of ether oxygens (including phenoxy) is 1. The summed E-state index contributed by atoms with van der Waals surface area (Å²) in [5, 5.41) is 0. The maximum Gasteiger partial charge on any atom is 0.315 e. The molecular formula is C14H18O2. The Balaban J connectivity index is 2.65. The molecule has 1 aromatic carbocycles. The van der Waals surface area contributed by atoms with E-state index in [-0.39, 0.29) is 5.97 Å². The number of methoxy groups -OCH3 is 1. The molecule has 0 saturated heterocycles. The number of rotatable bonds is 5. The fourth-order valence-corrected chi connectivity index (χ4v) is 1.57. The van der Waals surface area contributed by atoms with Crippen LogP contribution in [0.5, 0.6) is 0 Å². The Morgan fingerprint density at radius 3 is 2.56 bits per heavy atom. The van der Waals surface area contributed by atoms with Gasteiger partial charge in [0, 0.05) is 0 Å². The lowest BCUT2D eigenvalue weighted by molar-refractivity contribution is -0.149. The van der Waals surface area contributed by atoms with E-state index >= 15 is 0 Å². The minimum atomic E-state index is -0.593. The van der Waals surface area contributed by atoms with Crippen LogP contribution in [0.4, 0.5) is 0 Å². The Bertz CT molecular complexity index is 356. The summed E-state index contributed by atoms with van der Waals surface area (Å²) in [6.45, 7) is 5.57. The molecule has 2 heteroatoms. The van der Waals surface area contributed by atoms with Crippen LogP contribution >= 0.6 is 0 Å². The van der Waals surface area contributed by atoms with Crippen molar-refractivity contribution < 1.29 is 9.53 Å². The van der Waals surface area contributed by atoms with Crippen LogP contribution in [0.15, 0.2) is 43.0 Å². The molecule has 1 aromatic rings. The van der Waals surface area contributed by atoms with Gasteiger partial charge in [-0.2, -0.15) is 0 Å². The van der Waals surface area contributed by atoms with Gasteiger partial charge in [-0.25, -0.2) is 0 Å². The fraction of sp³-hybridized carbons (Fsp3) is 0.357. The SMILES string of the molecule is C=C[C@@](C)(CCc1ccccc1)C(=O)OC. The third-order valence-electron chi connectivity index (χ3n) is 2.88. The normalized spacial score (nSPS) is 13.9. The summed E-state index contributed by atoms with van der Waals surface area (Å²) in [5.41, 5.74) is 0.629. The van der Waals surface area contributed by atoms with E-state index in [1.165, 1.54) is 12.7 Å². The number of carbonyl (C=O) groups is 1. The summed E-state index contributed by atoms with van der Waals surface area (Å²) in [6, 6.07) is 10.1. The monoisotopic (exact) mass is 218 g/mol. The standard InChI is InChI=1S/C14H18O2/c1-4-14(2,13(15)16-3)11-10-12-8-6-5-7-9-12/h4-9H,1,10-11H2,2-3H3/t14-/m0/s1. The van der Waals surface area contributed by atoms with Gasteiger partial charge in [-0.05, 0) is 25.3 Å². The highest BCUT2D eigenvalue weighted by Gasteiger charge is 2.30. The highest BCUT2D eigenvalue weighted by Crippen LogP contribution is 2.26. The van der Waals surface area contributed by atoms with E-state index in [0.717, 1.165) is 6.42 Å². The first-order chi connectivity index (χ1) is 7.62. The Hall–Kier alpha value is -1.57. The van der Waals surface area contributed by atoms with Crippen LogP contribution in [-0.4, -0.2) is 13.1 Å². The maximum atomic E-state index is 11.6. The number of benzene rings is 1. The number of carbonyl (C=O) groups excluding carboxylic acids is 1. The minimum Gasteiger partial charge on any atom is -0.468 e. The first kappa shape index (κ1) is 12.5. The van der Waals surface area contributed by atoms with E-state index < -0.39 is 5.41 Å². The van der Waals surface area contributed by atoms with Gasteiger partial charge in [0.1, 0.15) is 0 Å². The third-order valence-corrected chi connectivity index (χ3v) is 2.88. The number of esters is 1. The Kier molecular flexibility index (Phi) is 4.29. The molecule has 0 N–H and O–H groups in total. The van der Waals surface area contributed by atoms with E-state index in [1.807, 2.05) is 25.1 Å². The van der Waals surface area contributed by atoms with E-state index in [1.54, 1.807) is 6.08 Å². The van der Waals surface area contributed by atoms with Gasteiger partial charge in [-0.15, -0.1) is 6.58 Å². The lowest BCUT2D eigenvalue weighted by Gasteiger charge is -2.22. The Morgan fingerprint density at radius 2 is 2.06 bits per heavy atom. The molecule has 0 radical (unpaired) electrons. The molecule has 0 aliphatic heterocycles. The van der Waals surface area contributed by atoms with Crippen molar-refractivity contribution in [3.63, 3.8) is 0 Å². The van der Waals surface area contributed by atoms with Crippen LogP contribution in [0.2, 0.25) is 0 Å². The predicted octanol–water partition coefficient (Wildman–Crippen LogP) is 2.98. The van der Waals surface area contributed by atoms with Crippen molar-refractivity contribution in [3.05, 3.63) is 48.6 Å². The molecule has 0 heterocycles. The predicted molar refractivity (Wildman–Crippen MR) is 65.1 cm³/mol. The van der Waals surface area contributed by atoms with Crippen molar-refractivity contribution in [2.45, 2.75) is 19.8 Å². The molecule has 0 aliphatic rings. The average molecular weight is 218 g/mol. The van der Waals surface area contributed by atoms with Crippen LogP contribution in [0.25, 0.3) is 0 Å². The van der Waals surface area contributed by atoms with Crippen LogP contribution in [-0.2, 0) is 16.0 Å². The maximum absolute atomic E-state index is 11.6. The van der Waals surface area contributed by atoms with Gasteiger partial charge in [-0.1, -0.05) is 36.4 Å². The average Bonchev–Trinajstić information content (AvgIpc) is 2.36. The summed E-state index contributed by atoms with van der Waals surface area (Å²) in [5.74, 6) is -0.224. The summed E-state index contributed by atoms with van der Waals surface area (Å²) in [6.07, 6.45) is 3.23. The molecule has 0 unspecified atom stereocenters. The van der Waals surface area contributed by atoms with Crippen LogP contribution in [0.1, 0.15) is 18.9 Å². The van der Waals surface area contributed by atoms with Gasteiger partial charge in [0.05, 0.1) is 12.5 Å². The number of aryl methyl sites for hydroxylation is 1. The van der Waals surface area contributed by atoms with Gasteiger partial charge in [0.2, 0.25) is 0 Å². The zero-order chi connectivity index (χ0) is 12.0. The minimum absolute atomic E-state index is 0.224. The first-order valence-corrected chi connectivity index (χ1v) is 5.38. The van der Waals surface area contributed by atoms with Crippen molar-refractivity contribution in [3.8, 4) is 0 Å². The second-order valence-electron chi connectivity index (χ2n) is 4.10. The molecular weight excluding hydrogens is 200 g/mol. The molecule has 86 valence electrons. The fourth-order valence-electron chi connectivity index (χ4n) is 1.57. The van der Waals surface area contributed by atoms with Crippen molar-refractivity contribution in [1.82, 2.24) is 0 Å². The number of hydrogen-bond acceptors (Lipinski definition) is 2. The molecule has 0 aromatic heterocycles. The molecule has 1 rings (SSSR count). The quantitative estimate of drug-likeness (QED) is 0.561. The van der Waals surface area contributed by atoms with Crippen LogP contribution in [0.3, 0.4) is 0 Å². The molecule has 0 saturated carbocycles. The van der Waals surface area contributed by atoms with Crippen molar-refractivity contribution in [2.24, 2.45) is 5.41 Å². The molecule has 0 amide bonds. The Labute approximate surface area is 96.9 Å². The second-order valence-corrected chi connectivity index (χ2v) is 4.10. The van der Waals surface area contributed by atoms with E-state index in [9.17, 15) is 4.79 Å². The largest absolute Gasteiger partial charge is 0.468 e. The second kappa shape index (κ2) is 5.50. The highest BCUT2D eigenvalue weighted by atomic mass is 16.5. The Morgan fingerprint density at radius 1 is 1.44 bits per heavy atom. The topological polar surface area (TPSA) is 26.3 Å². The van der Waals surface area contributed by atoms with Crippen molar-refractivity contribution in [1.29, 1.82) is 0 Å². The van der Waals surface area contributed by atoms with E-state index in [0.29, 0.717) is 6.42 Å². The molecule has 16 heavy (non-hydrogen) atoms. The van der Waals surface area contributed by atoms with Crippen LogP contribution < -0.4 is 0 Å². The smallest absolute Gasteiger partial charge is 0.315 e. The van der Waals surface area contributed by atoms with Gasteiger partial charge in [0.25, 0.3) is 0 Å². The van der Waals surface area contributed by atoms with Gasteiger partial charge in [-0.3, -0.25) is 4.79 Å². The first-order valence-electron chi connectivity index (χ1n) is 5.38. The molecule has 2 nitrogen and oxygen atoms in total. The lowest BCUT2D eigenvalue weighted by atomic mass is 9.84. The third kappa shape index (κ3) is 2.96. The highest BCUT2D eigenvalue weighted by molar-refractivity contribution is 5.78. The summed E-state index contributed by atoms with van der Waals surface area (Å²) >= 11 is 0. The van der Waals surface area contributed by atoms with Crippen molar-refractivity contribution in [2.75, 3.05) is 7.11 Å². The molecule has 0 bridgehead atoms. The molecule has 0 fully saturated rings. The summed E-state index contributed by atoms with van der Waals surface area (Å²) < 4.78 is 4.78. The lowest BCUT2D eigenvalue weighted by Crippen LogP contribution is -2.27.